The molecule has 0 aliphatic carbocycles. The second-order valence-electron chi connectivity index (χ2n) is 7.97. The second kappa shape index (κ2) is 9.21. The normalized spacial score (nSPS) is 17.2. The molecule has 8 nitrogen and oxygen atoms in total. The van der Waals surface area contributed by atoms with Crippen molar-refractivity contribution in [2.24, 2.45) is 0 Å². The van der Waals surface area contributed by atoms with Gasteiger partial charge in [-0.2, -0.15) is 0 Å². The number of alkyl carbamates (subject to hydrolysis) is 1. The number of fused-ring (bicyclic) bond motifs is 1. The van der Waals surface area contributed by atoms with Crippen molar-refractivity contribution in [2.45, 2.75) is 31.3 Å². The van der Waals surface area contributed by atoms with Crippen LogP contribution in [0, 0.1) is 0 Å². The number of carbonyl (C=O) groups excluding carboxylic acids is 4. The molecule has 1 saturated heterocycles. The van der Waals surface area contributed by atoms with Crippen molar-refractivity contribution in [3.63, 3.8) is 0 Å². The van der Waals surface area contributed by atoms with Crippen molar-refractivity contribution in [2.75, 3.05) is 20.2 Å². The predicted octanol–water partition coefficient (Wildman–Crippen LogP) is 2.24. The summed E-state index contributed by atoms with van der Waals surface area (Å²) in [4.78, 5) is 54.0. The number of imide groups is 1. The molecule has 32 heavy (non-hydrogen) atoms. The fourth-order valence-electron chi connectivity index (χ4n) is 4.30. The van der Waals surface area contributed by atoms with E-state index in [9.17, 15) is 19.2 Å². The average Bonchev–Trinajstić information content (AvgIpc) is 3.08. The van der Waals surface area contributed by atoms with E-state index in [1.807, 2.05) is 30.3 Å². The highest BCUT2D eigenvalue weighted by Crippen LogP contribution is 2.27. The van der Waals surface area contributed by atoms with E-state index >= 15 is 0 Å². The Labute approximate surface area is 186 Å². The lowest BCUT2D eigenvalue weighted by molar-refractivity contribution is -0.136. The van der Waals surface area contributed by atoms with Gasteiger partial charge in [0.1, 0.15) is 6.04 Å². The van der Waals surface area contributed by atoms with Gasteiger partial charge in [-0.05, 0) is 30.5 Å². The number of piperidine rings is 1. The summed E-state index contributed by atoms with van der Waals surface area (Å²) in [6, 6.07) is 15.0. The number of rotatable bonds is 5. The molecule has 8 heteroatoms. The molecule has 0 spiro atoms. The molecule has 2 heterocycles. The van der Waals surface area contributed by atoms with Crippen LogP contribution in [0.4, 0.5) is 4.79 Å². The Hall–Kier alpha value is -3.68. The van der Waals surface area contributed by atoms with Gasteiger partial charge in [0.2, 0.25) is 5.91 Å². The maximum absolute atomic E-state index is 13.6. The first-order valence-electron chi connectivity index (χ1n) is 10.6. The third-order valence-electron chi connectivity index (χ3n) is 6.01. The van der Waals surface area contributed by atoms with Gasteiger partial charge in [0, 0.05) is 25.6 Å². The second-order valence-corrected chi connectivity index (χ2v) is 7.97. The van der Waals surface area contributed by atoms with Crippen LogP contribution in [-0.2, 0) is 16.0 Å². The van der Waals surface area contributed by atoms with Crippen LogP contribution in [0.25, 0.3) is 0 Å². The van der Waals surface area contributed by atoms with Crippen LogP contribution in [0.15, 0.2) is 54.6 Å². The van der Waals surface area contributed by atoms with Gasteiger partial charge in [-0.15, -0.1) is 0 Å². The molecule has 4 rings (SSSR count). The number of methoxy groups -OCH3 is 1. The number of likely N-dealkylation sites (tertiary alicyclic amines) is 1. The summed E-state index contributed by atoms with van der Waals surface area (Å²) in [5.74, 6) is -1.15. The molecule has 0 bridgehead atoms. The van der Waals surface area contributed by atoms with E-state index in [0.717, 1.165) is 10.5 Å². The third-order valence-corrected chi connectivity index (χ3v) is 6.01. The molecule has 1 atom stereocenters. The van der Waals surface area contributed by atoms with Crippen LogP contribution in [0.1, 0.15) is 39.1 Å². The summed E-state index contributed by atoms with van der Waals surface area (Å²) in [6.45, 7) is 0.837. The Bertz CT molecular complexity index is 996. The number of carbonyl (C=O) groups is 4. The first kappa shape index (κ1) is 21.5. The summed E-state index contributed by atoms with van der Waals surface area (Å²) in [5.41, 5.74) is 1.51. The van der Waals surface area contributed by atoms with Crippen LogP contribution in [0.2, 0.25) is 0 Å². The van der Waals surface area contributed by atoms with Gasteiger partial charge in [0.25, 0.3) is 11.8 Å². The van der Waals surface area contributed by atoms with E-state index in [1.54, 1.807) is 29.2 Å². The smallest absolute Gasteiger partial charge is 0.407 e. The maximum Gasteiger partial charge on any atom is 0.407 e. The van der Waals surface area contributed by atoms with Gasteiger partial charge >= 0.3 is 6.09 Å². The molecule has 2 aliphatic rings. The molecule has 2 aromatic carbocycles. The molecule has 4 amide bonds. The molecule has 1 N–H and O–H groups in total. The van der Waals surface area contributed by atoms with Crippen molar-refractivity contribution in [3.8, 4) is 0 Å². The van der Waals surface area contributed by atoms with E-state index in [-0.39, 0.29) is 18.4 Å². The lowest BCUT2D eigenvalue weighted by Gasteiger charge is -2.36. The van der Waals surface area contributed by atoms with Gasteiger partial charge in [0.05, 0.1) is 18.2 Å². The SMILES string of the molecule is COC(=O)NC1CCN(C(=O)C(Cc2ccccc2)N2C(=O)c3ccccc3C2=O)CC1. The van der Waals surface area contributed by atoms with Gasteiger partial charge in [0.15, 0.2) is 0 Å². The first-order valence-corrected chi connectivity index (χ1v) is 10.6. The molecule has 0 aromatic heterocycles. The number of ether oxygens (including phenoxy) is 1. The summed E-state index contributed by atoms with van der Waals surface area (Å²) in [7, 11) is 1.31. The van der Waals surface area contributed by atoms with Gasteiger partial charge in [-0.25, -0.2) is 4.79 Å². The third kappa shape index (κ3) is 4.21. The first-order chi connectivity index (χ1) is 15.5. The highest BCUT2D eigenvalue weighted by Gasteiger charge is 2.44. The van der Waals surface area contributed by atoms with E-state index in [4.69, 9.17) is 0 Å². The number of benzene rings is 2. The van der Waals surface area contributed by atoms with Crippen LogP contribution in [0.5, 0.6) is 0 Å². The van der Waals surface area contributed by atoms with Crippen molar-refractivity contribution < 1.29 is 23.9 Å². The van der Waals surface area contributed by atoms with E-state index < -0.39 is 23.9 Å². The number of nitrogens with one attached hydrogen (secondary N) is 1. The number of amides is 4. The molecule has 0 radical (unpaired) electrons. The molecule has 1 fully saturated rings. The fourth-order valence-corrected chi connectivity index (χ4v) is 4.30. The highest BCUT2D eigenvalue weighted by atomic mass is 16.5. The largest absolute Gasteiger partial charge is 0.453 e. The Kier molecular flexibility index (Phi) is 6.20. The van der Waals surface area contributed by atoms with Crippen LogP contribution >= 0.6 is 0 Å². The van der Waals surface area contributed by atoms with Crippen LogP contribution in [0.3, 0.4) is 0 Å². The predicted molar refractivity (Wildman–Crippen MR) is 116 cm³/mol. The summed E-state index contributed by atoms with van der Waals surface area (Å²) < 4.78 is 4.64. The highest BCUT2D eigenvalue weighted by molar-refractivity contribution is 6.22. The van der Waals surface area contributed by atoms with E-state index in [1.165, 1.54) is 7.11 Å². The molecule has 166 valence electrons. The lowest BCUT2D eigenvalue weighted by atomic mass is 10.00. The standard InChI is InChI=1S/C24H25N3O5/c1-32-24(31)25-17-11-13-26(14-12-17)23(30)20(15-16-7-3-2-4-8-16)27-21(28)18-9-5-6-10-19(18)22(27)29/h2-10,17,20H,11-15H2,1H3,(H,25,31). The Balaban J connectivity index is 1.56. The topological polar surface area (TPSA) is 96.0 Å². The quantitative estimate of drug-likeness (QED) is 0.727. The van der Waals surface area contributed by atoms with Crippen LogP contribution in [-0.4, -0.2) is 65.9 Å². The monoisotopic (exact) mass is 435 g/mol. The Morgan fingerprint density at radius 3 is 2.09 bits per heavy atom. The van der Waals surface area contributed by atoms with Gasteiger partial charge < -0.3 is 15.0 Å². The summed E-state index contributed by atoms with van der Waals surface area (Å²) in [5, 5.41) is 2.76. The molecule has 2 aromatic rings. The number of hydrogen-bond acceptors (Lipinski definition) is 5. The van der Waals surface area contributed by atoms with Crippen molar-refractivity contribution >= 4 is 23.8 Å². The Morgan fingerprint density at radius 1 is 0.969 bits per heavy atom. The summed E-state index contributed by atoms with van der Waals surface area (Å²) in [6.07, 6.45) is 0.885. The zero-order valence-corrected chi connectivity index (χ0v) is 17.8. The molecule has 0 saturated carbocycles. The zero-order chi connectivity index (χ0) is 22.7. The maximum atomic E-state index is 13.6. The molecule has 1 unspecified atom stereocenters. The minimum Gasteiger partial charge on any atom is -0.453 e. The fraction of sp³-hybridized carbons (Fsp3) is 0.333. The van der Waals surface area contributed by atoms with Gasteiger partial charge in [-0.3, -0.25) is 19.3 Å². The molecular weight excluding hydrogens is 410 g/mol. The molecule has 2 aliphatic heterocycles. The van der Waals surface area contributed by atoms with Crippen LogP contribution < -0.4 is 5.32 Å². The number of nitrogens with zero attached hydrogens (tertiary/aromatic N) is 2. The molecular formula is C24H25N3O5. The van der Waals surface area contributed by atoms with E-state index in [2.05, 4.69) is 10.1 Å². The lowest BCUT2D eigenvalue weighted by Crippen LogP contribution is -2.55. The number of hydrogen-bond donors (Lipinski definition) is 1. The van der Waals surface area contributed by atoms with E-state index in [0.29, 0.717) is 37.1 Å². The zero-order valence-electron chi connectivity index (χ0n) is 17.8. The minimum atomic E-state index is -0.935. The average molecular weight is 435 g/mol. The van der Waals surface area contributed by atoms with Crippen molar-refractivity contribution in [3.05, 3.63) is 71.3 Å². The Morgan fingerprint density at radius 2 is 1.53 bits per heavy atom. The van der Waals surface area contributed by atoms with Crippen molar-refractivity contribution in [1.82, 2.24) is 15.1 Å². The summed E-state index contributed by atoms with van der Waals surface area (Å²) >= 11 is 0. The van der Waals surface area contributed by atoms with Crippen molar-refractivity contribution in [1.29, 1.82) is 0 Å². The van der Waals surface area contributed by atoms with Gasteiger partial charge in [-0.1, -0.05) is 42.5 Å². The minimum absolute atomic E-state index is 0.0848.